The van der Waals surface area contributed by atoms with Gasteiger partial charge in [0, 0.05) is 24.7 Å². The molecule has 0 saturated heterocycles. The number of alkyl halides is 1. The van der Waals surface area contributed by atoms with Crippen LogP contribution in [0.5, 0.6) is 5.75 Å². The number of benzene rings is 1. The summed E-state index contributed by atoms with van der Waals surface area (Å²) in [6, 6.07) is 4.95. The lowest BCUT2D eigenvalue weighted by Gasteiger charge is -2.26. The normalized spacial score (nSPS) is 13.4. The molecule has 0 amide bonds. The lowest BCUT2D eigenvalue weighted by Crippen LogP contribution is -2.38. The van der Waals surface area contributed by atoms with E-state index in [1.54, 1.807) is 37.0 Å². The average molecular weight is 352 g/mol. The highest BCUT2D eigenvalue weighted by molar-refractivity contribution is 7.98. The van der Waals surface area contributed by atoms with Gasteiger partial charge in [-0.05, 0) is 30.4 Å². The predicted octanol–water partition coefficient (Wildman–Crippen LogP) is 3.20. The van der Waals surface area contributed by atoms with Gasteiger partial charge in [-0.1, -0.05) is 13.0 Å². The smallest absolute Gasteiger partial charge is 0.246 e. The highest BCUT2D eigenvalue weighted by atomic mass is 35.5. The minimum Gasteiger partial charge on any atom is -0.495 e. The van der Waals surface area contributed by atoms with E-state index < -0.39 is 10.0 Å². The Kier molecular flexibility index (Phi) is 7.33. The lowest BCUT2D eigenvalue weighted by atomic mass is 10.2. The third-order valence-corrected chi connectivity index (χ3v) is 6.34. The number of rotatable bonds is 8. The number of hydrogen-bond acceptors (Lipinski definition) is 4. The molecule has 0 heterocycles. The van der Waals surface area contributed by atoms with E-state index in [4.69, 9.17) is 16.3 Å². The fourth-order valence-corrected chi connectivity index (χ4v) is 4.77. The highest BCUT2D eigenvalue weighted by Gasteiger charge is 2.29. The number of methoxy groups -OCH3 is 1. The molecule has 0 aromatic heterocycles. The van der Waals surface area contributed by atoms with Gasteiger partial charge in [0.15, 0.2) is 0 Å². The molecule has 0 spiro atoms. The molecule has 0 N–H and O–H groups in total. The van der Waals surface area contributed by atoms with Crippen molar-refractivity contribution >= 4 is 33.4 Å². The predicted molar refractivity (Wildman–Crippen MR) is 90.0 cm³/mol. The molecular formula is C14H22ClNO3S2. The van der Waals surface area contributed by atoms with E-state index in [0.717, 1.165) is 17.7 Å². The van der Waals surface area contributed by atoms with Gasteiger partial charge < -0.3 is 4.74 Å². The molecule has 120 valence electrons. The summed E-state index contributed by atoms with van der Waals surface area (Å²) in [5, 5.41) is 0. The first kappa shape index (κ1) is 18.6. The number of sulfonamides is 1. The van der Waals surface area contributed by atoms with Crippen LogP contribution in [-0.4, -0.2) is 44.9 Å². The molecule has 1 rings (SSSR count). The maximum Gasteiger partial charge on any atom is 0.246 e. The van der Waals surface area contributed by atoms with E-state index in [1.807, 2.05) is 13.2 Å². The molecule has 1 atom stereocenters. The Morgan fingerprint density at radius 1 is 1.43 bits per heavy atom. The van der Waals surface area contributed by atoms with Crippen LogP contribution in [0.25, 0.3) is 0 Å². The topological polar surface area (TPSA) is 46.6 Å². The number of halogens is 1. The SMILES string of the molecule is CCC(CSC)N(C)S(=O)(=O)c1cc(CCl)ccc1OC. The summed E-state index contributed by atoms with van der Waals surface area (Å²) in [5.74, 6) is 1.36. The van der Waals surface area contributed by atoms with Crippen LogP contribution >= 0.6 is 23.4 Å². The molecule has 0 aliphatic rings. The van der Waals surface area contributed by atoms with E-state index >= 15 is 0 Å². The minimum absolute atomic E-state index is 0.0469. The second-order valence-corrected chi connectivity index (χ2v) is 7.80. The summed E-state index contributed by atoms with van der Waals surface area (Å²) in [6.45, 7) is 1.99. The zero-order chi connectivity index (χ0) is 16.0. The van der Waals surface area contributed by atoms with Crippen LogP contribution in [0.3, 0.4) is 0 Å². The first-order valence-electron chi connectivity index (χ1n) is 6.62. The van der Waals surface area contributed by atoms with E-state index in [9.17, 15) is 8.42 Å². The summed E-state index contributed by atoms with van der Waals surface area (Å²) in [4.78, 5) is 0.171. The van der Waals surface area contributed by atoms with Crippen LogP contribution in [0, 0.1) is 0 Å². The molecule has 1 unspecified atom stereocenters. The Hall–Kier alpha value is -0.430. The second kappa shape index (κ2) is 8.27. The van der Waals surface area contributed by atoms with Crippen molar-refractivity contribution in [2.24, 2.45) is 0 Å². The van der Waals surface area contributed by atoms with E-state index in [2.05, 4.69) is 0 Å². The molecule has 0 radical (unpaired) electrons. The first-order chi connectivity index (χ1) is 9.92. The van der Waals surface area contributed by atoms with Gasteiger partial charge in [0.25, 0.3) is 0 Å². The minimum atomic E-state index is -3.61. The highest BCUT2D eigenvalue weighted by Crippen LogP contribution is 2.29. The molecule has 7 heteroatoms. The van der Waals surface area contributed by atoms with Crippen molar-refractivity contribution in [2.45, 2.75) is 30.2 Å². The van der Waals surface area contributed by atoms with Gasteiger partial charge in [-0.25, -0.2) is 8.42 Å². The Morgan fingerprint density at radius 3 is 2.57 bits per heavy atom. The standard InChI is InChI=1S/C14H22ClNO3S2/c1-5-12(10-20-4)16(2)21(17,18)14-8-11(9-15)6-7-13(14)19-3/h6-8,12H,5,9-10H2,1-4H3. The summed E-state index contributed by atoms with van der Waals surface area (Å²) in [7, 11) is -0.528. The summed E-state index contributed by atoms with van der Waals surface area (Å²) in [5.41, 5.74) is 0.752. The van der Waals surface area contributed by atoms with E-state index in [1.165, 1.54) is 11.4 Å². The zero-order valence-electron chi connectivity index (χ0n) is 12.8. The van der Waals surface area contributed by atoms with Crippen LogP contribution in [0.1, 0.15) is 18.9 Å². The van der Waals surface area contributed by atoms with Crippen molar-refractivity contribution in [3.05, 3.63) is 23.8 Å². The molecule has 1 aromatic rings. The largest absolute Gasteiger partial charge is 0.495 e. The van der Waals surface area contributed by atoms with Gasteiger partial charge in [0.1, 0.15) is 10.6 Å². The summed E-state index contributed by atoms with van der Waals surface area (Å²) < 4.78 is 32.3. The van der Waals surface area contributed by atoms with Crippen molar-refractivity contribution in [1.29, 1.82) is 0 Å². The molecule has 0 aliphatic carbocycles. The van der Waals surface area contributed by atoms with E-state index in [-0.39, 0.29) is 16.8 Å². The van der Waals surface area contributed by atoms with Crippen LogP contribution in [0.4, 0.5) is 0 Å². The monoisotopic (exact) mass is 351 g/mol. The maximum absolute atomic E-state index is 12.8. The number of thioether (sulfide) groups is 1. The molecule has 0 saturated carbocycles. The summed E-state index contributed by atoms with van der Waals surface area (Å²) >= 11 is 7.44. The van der Waals surface area contributed by atoms with Crippen molar-refractivity contribution < 1.29 is 13.2 Å². The Labute approximate surface area is 136 Å². The van der Waals surface area contributed by atoms with Gasteiger partial charge in [-0.2, -0.15) is 16.1 Å². The third-order valence-electron chi connectivity index (χ3n) is 3.38. The lowest BCUT2D eigenvalue weighted by molar-refractivity contribution is 0.374. The van der Waals surface area contributed by atoms with Crippen LogP contribution in [0.2, 0.25) is 0 Å². The van der Waals surface area contributed by atoms with Crippen molar-refractivity contribution in [3.63, 3.8) is 0 Å². The first-order valence-corrected chi connectivity index (χ1v) is 9.99. The zero-order valence-corrected chi connectivity index (χ0v) is 15.2. The number of ether oxygens (including phenoxy) is 1. The van der Waals surface area contributed by atoms with Crippen molar-refractivity contribution in [3.8, 4) is 5.75 Å². The fraction of sp³-hybridized carbons (Fsp3) is 0.571. The van der Waals surface area contributed by atoms with Gasteiger partial charge >= 0.3 is 0 Å². The number of hydrogen-bond donors (Lipinski definition) is 0. The molecular weight excluding hydrogens is 330 g/mol. The maximum atomic E-state index is 12.8. The molecule has 0 aliphatic heterocycles. The second-order valence-electron chi connectivity index (χ2n) is 4.66. The van der Waals surface area contributed by atoms with Gasteiger partial charge in [0.2, 0.25) is 10.0 Å². The van der Waals surface area contributed by atoms with Crippen LogP contribution in [0.15, 0.2) is 23.1 Å². The van der Waals surface area contributed by atoms with Crippen molar-refractivity contribution in [2.75, 3.05) is 26.2 Å². The Bertz CT molecular complexity index is 563. The fourth-order valence-electron chi connectivity index (χ4n) is 2.03. The Morgan fingerprint density at radius 2 is 2.10 bits per heavy atom. The Balaban J connectivity index is 3.28. The van der Waals surface area contributed by atoms with Gasteiger partial charge in [-0.15, -0.1) is 11.6 Å². The van der Waals surface area contributed by atoms with Crippen molar-refractivity contribution in [1.82, 2.24) is 4.31 Å². The quantitative estimate of drug-likeness (QED) is 0.675. The third kappa shape index (κ3) is 4.28. The number of nitrogens with zero attached hydrogens (tertiary/aromatic N) is 1. The summed E-state index contributed by atoms with van der Waals surface area (Å²) in [6.07, 6.45) is 2.73. The molecule has 1 aromatic carbocycles. The molecule has 21 heavy (non-hydrogen) atoms. The van der Waals surface area contributed by atoms with Gasteiger partial charge in [-0.3, -0.25) is 0 Å². The van der Waals surface area contributed by atoms with Crippen LogP contribution in [-0.2, 0) is 15.9 Å². The van der Waals surface area contributed by atoms with Gasteiger partial charge in [0.05, 0.1) is 7.11 Å². The molecule has 0 bridgehead atoms. The van der Waals surface area contributed by atoms with Crippen LogP contribution < -0.4 is 4.74 Å². The molecule has 0 fully saturated rings. The molecule has 4 nitrogen and oxygen atoms in total. The average Bonchev–Trinajstić information content (AvgIpc) is 2.51. The van der Waals surface area contributed by atoms with E-state index in [0.29, 0.717) is 5.75 Å².